The van der Waals surface area contributed by atoms with Crippen LogP contribution in [-0.2, 0) is 4.74 Å². The van der Waals surface area contributed by atoms with Gasteiger partial charge in [-0.3, -0.25) is 0 Å². The molecule has 2 heterocycles. The predicted octanol–water partition coefficient (Wildman–Crippen LogP) is 2.03. The van der Waals surface area contributed by atoms with Crippen LogP contribution in [0.4, 0.5) is 13.2 Å². The fourth-order valence-electron chi connectivity index (χ4n) is 2.24. The van der Waals surface area contributed by atoms with Crippen LogP contribution in [0.5, 0.6) is 0 Å². The van der Waals surface area contributed by atoms with Gasteiger partial charge in [-0.25, -0.2) is 17.9 Å². The first kappa shape index (κ1) is 14.0. The van der Waals surface area contributed by atoms with Gasteiger partial charge in [0, 0.05) is 12.2 Å². The lowest BCUT2D eigenvalue weighted by molar-refractivity contribution is -0.120. The Kier molecular flexibility index (Phi) is 3.64. The zero-order valence-electron chi connectivity index (χ0n) is 10.8. The Hall–Kier alpha value is -1.93. The third kappa shape index (κ3) is 2.64. The van der Waals surface area contributed by atoms with E-state index in [1.54, 1.807) is 0 Å². The van der Waals surface area contributed by atoms with Crippen LogP contribution in [-0.4, -0.2) is 32.8 Å². The number of hydrogen-bond acceptors (Lipinski definition) is 4. The third-order valence-electron chi connectivity index (χ3n) is 3.31. The van der Waals surface area contributed by atoms with Gasteiger partial charge in [-0.15, -0.1) is 5.10 Å². The number of hydrogen-bond donors (Lipinski definition) is 1. The molecule has 112 valence electrons. The molecule has 21 heavy (non-hydrogen) atoms. The van der Waals surface area contributed by atoms with E-state index in [0.717, 1.165) is 18.6 Å². The van der Waals surface area contributed by atoms with Crippen LogP contribution in [0, 0.1) is 17.5 Å². The van der Waals surface area contributed by atoms with Crippen molar-refractivity contribution in [3.8, 4) is 11.3 Å². The average Bonchev–Trinajstić information content (AvgIpc) is 2.94. The smallest absolute Gasteiger partial charge is 0.194 e. The van der Waals surface area contributed by atoms with Crippen molar-refractivity contribution in [2.45, 2.75) is 25.2 Å². The Balaban J connectivity index is 1.91. The number of halogens is 3. The molecule has 1 aliphatic heterocycles. The minimum absolute atomic E-state index is 0.0583. The van der Waals surface area contributed by atoms with E-state index in [9.17, 15) is 18.3 Å². The Labute approximate surface area is 118 Å². The van der Waals surface area contributed by atoms with Gasteiger partial charge in [0.25, 0.3) is 0 Å². The monoisotopic (exact) mass is 299 g/mol. The summed E-state index contributed by atoms with van der Waals surface area (Å²) in [4.78, 5) is 0. The van der Waals surface area contributed by atoms with Crippen LogP contribution in [0.3, 0.4) is 0 Å². The number of aliphatic hydroxyl groups excluding tert-OH is 1. The van der Waals surface area contributed by atoms with E-state index in [1.807, 2.05) is 0 Å². The Morgan fingerprint density at radius 1 is 1.24 bits per heavy atom. The number of rotatable bonds is 2. The first-order valence-electron chi connectivity index (χ1n) is 6.42. The molecule has 8 heteroatoms. The van der Waals surface area contributed by atoms with Crippen LogP contribution >= 0.6 is 0 Å². The summed E-state index contributed by atoms with van der Waals surface area (Å²) in [5.74, 6) is -4.13. The van der Waals surface area contributed by atoms with Crippen molar-refractivity contribution in [1.82, 2.24) is 15.0 Å². The van der Waals surface area contributed by atoms with Crippen LogP contribution < -0.4 is 0 Å². The molecule has 0 amide bonds. The molecule has 1 N–H and O–H groups in total. The lowest BCUT2D eigenvalue weighted by Crippen LogP contribution is -2.31. The zero-order valence-corrected chi connectivity index (χ0v) is 10.8. The van der Waals surface area contributed by atoms with Crippen LogP contribution in [0.2, 0.25) is 0 Å². The second-order valence-corrected chi connectivity index (χ2v) is 4.81. The van der Waals surface area contributed by atoms with Gasteiger partial charge in [-0.2, -0.15) is 0 Å². The molecule has 2 aromatic rings. The number of nitrogens with zero attached hydrogens (tertiary/aromatic N) is 3. The summed E-state index contributed by atoms with van der Waals surface area (Å²) in [6, 6.07) is 1.68. The maximum absolute atomic E-state index is 13.2. The van der Waals surface area contributed by atoms with E-state index in [0.29, 0.717) is 13.0 Å². The predicted molar refractivity (Wildman–Crippen MR) is 65.6 cm³/mol. The van der Waals surface area contributed by atoms with Crippen LogP contribution in [0.1, 0.15) is 19.1 Å². The summed E-state index contributed by atoms with van der Waals surface area (Å²) < 4.78 is 46.0. The maximum Gasteiger partial charge on any atom is 0.194 e. The highest BCUT2D eigenvalue weighted by atomic mass is 19.2. The molecule has 1 aromatic carbocycles. The molecule has 0 bridgehead atoms. The Morgan fingerprint density at radius 3 is 2.62 bits per heavy atom. The molecular weight excluding hydrogens is 287 g/mol. The fraction of sp³-hybridized carbons (Fsp3) is 0.385. The van der Waals surface area contributed by atoms with E-state index < -0.39 is 29.8 Å². The van der Waals surface area contributed by atoms with E-state index in [2.05, 4.69) is 10.3 Å². The van der Waals surface area contributed by atoms with Crippen molar-refractivity contribution in [3.63, 3.8) is 0 Å². The van der Waals surface area contributed by atoms with Crippen molar-refractivity contribution in [1.29, 1.82) is 0 Å². The van der Waals surface area contributed by atoms with E-state index >= 15 is 0 Å². The minimum Gasteiger partial charge on any atom is -0.388 e. The Morgan fingerprint density at radius 2 is 1.95 bits per heavy atom. The topological polar surface area (TPSA) is 60.2 Å². The molecule has 5 nitrogen and oxygen atoms in total. The molecular formula is C13H12F3N3O2. The van der Waals surface area contributed by atoms with Crippen molar-refractivity contribution < 1.29 is 23.0 Å². The van der Waals surface area contributed by atoms with Crippen LogP contribution in [0.25, 0.3) is 11.3 Å². The van der Waals surface area contributed by atoms with Gasteiger partial charge in [0.05, 0.1) is 6.20 Å². The van der Waals surface area contributed by atoms with Crippen LogP contribution in [0.15, 0.2) is 18.3 Å². The molecule has 0 saturated carbocycles. The molecule has 0 radical (unpaired) electrons. The number of benzene rings is 1. The molecule has 0 aliphatic carbocycles. The molecule has 1 saturated heterocycles. The van der Waals surface area contributed by atoms with E-state index in [1.165, 1.54) is 10.9 Å². The second kappa shape index (κ2) is 5.45. The third-order valence-corrected chi connectivity index (χ3v) is 3.31. The van der Waals surface area contributed by atoms with Gasteiger partial charge in [-0.1, -0.05) is 5.21 Å². The van der Waals surface area contributed by atoms with E-state index in [-0.39, 0.29) is 11.3 Å². The lowest BCUT2D eigenvalue weighted by Gasteiger charge is -2.27. The summed E-state index contributed by atoms with van der Waals surface area (Å²) in [6.07, 6.45) is 1.30. The molecule has 2 atom stereocenters. The van der Waals surface area contributed by atoms with Crippen molar-refractivity contribution in [2.24, 2.45) is 0 Å². The minimum atomic E-state index is -1.53. The molecule has 3 rings (SSSR count). The van der Waals surface area contributed by atoms with Crippen molar-refractivity contribution >= 4 is 0 Å². The van der Waals surface area contributed by atoms with Gasteiger partial charge < -0.3 is 9.84 Å². The first-order chi connectivity index (χ1) is 10.1. The standard InChI is InChI=1S/C13H12F3N3O2/c14-8-4-7(5-9(15)12(8)16)10-6-19(18-17-10)13-11(20)2-1-3-21-13/h4-6,11,13,20H,1-3H2. The molecule has 1 aliphatic rings. The zero-order chi connectivity index (χ0) is 15.0. The number of aliphatic hydroxyl groups is 1. The van der Waals surface area contributed by atoms with Gasteiger partial charge in [0.2, 0.25) is 0 Å². The van der Waals surface area contributed by atoms with Crippen molar-refractivity contribution in [3.05, 3.63) is 35.8 Å². The highest BCUT2D eigenvalue weighted by molar-refractivity contribution is 5.57. The fourth-order valence-corrected chi connectivity index (χ4v) is 2.24. The highest BCUT2D eigenvalue weighted by Crippen LogP contribution is 2.26. The number of ether oxygens (including phenoxy) is 1. The summed E-state index contributed by atoms with van der Waals surface area (Å²) in [6.45, 7) is 0.483. The molecule has 1 fully saturated rings. The molecule has 2 unspecified atom stereocenters. The summed E-state index contributed by atoms with van der Waals surface area (Å²) in [5.41, 5.74) is 0.220. The molecule has 1 aromatic heterocycles. The summed E-state index contributed by atoms with van der Waals surface area (Å²) in [7, 11) is 0. The Bertz CT molecular complexity index is 639. The molecule has 0 spiro atoms. The average molecular weight is 299 g/mol. The van der Waals surface area contributed by atoms with Crippen molar-refractivity contribution in [2.75, 3.05) is 6.61 Å². The van der Waals surface area contributed by atoms with Gasteiger partial charge >= 0.3 is 0 Å². The lowest BCUT2D eigenvalue weighted by atomic mass is 10.1. The first-order valence-corrected chi connectivity index (χ1v) is 6.42. The van der Waals surface area contributed by atoms with Gasteiger partial charge in [0.15, 0.2) is 23.7 Å². The summed E-state index contributed by atoms with van der Waals surface area (Å²) >= 11 is 0. The van der Waals surface area contributed by atoms with Gasteiger partial charge in [-0.05, 0) is 25.0 Å². The quantitative estimate of drug-likeness (QED) is 0.862. The SMILES string of the molecule is OC1CCCOC1n1cc(-c2cc(F)c(F)c(F)c2)nn1. The highest BCUT2D eigenvalue weighted by Gasteiger charge is 2.27. The maximum atomic E-state index is 13.2. The van der Waals surface area contributed by atoms with Gasteiger partial charge in [0.1, 0.15) is 11.8 Å². The largest absolute Gasteiger partial charge is 0.388 e. The van der Waals surface area contributed by atoms with E-state index in [4.69, 9.17) is 4.74 Å². The number of aromatic nitrogens is 3. The second-order valence-electron chi connectivity index (χ2n) is 4.81. The normalized spacial score (nSPS) is 22.5. The summed E-state index contributed by atoms with van der Waals surface area (Å²) in [5, 5.41) is 17.4.